The fourth-order valence-electron chi connectivity index (χ4n) is 1.70. The van der Waals surface area contributed by atoms with Gasteiger partial charge in [-0.1, -0.05) is 19.1 Å². The zero-order valence-electron chi connectivity index (χ0n) is 11.5. The van der Waals surface area contributed by atoms with E-state index in [-0.39, 0.29) is 11.7 Å². The Morgan fingerprint density at radius 1 is 1.26 bits per heavy atom. The second kappa shape index (κ2) is 7.28. The van der Waals surface area contributed by atoms with Gasteiger partial charge in [0.2, 0.25) is 0 Å². The third kappa shape index (κ3) is 4.35. The lowest BCUT2D eigenvalue weighted by Crippen LogP contribution is -2.20. The highest BCUT2D eigenvalue weighted by Gasteiger charge is 2.15. The first kappa shape index (κ1) is 15.7. The lowest BCUT2D eigenvalue weighted by atomic mass is 10.0. The van der Waals surface area contributed by atoms with Crippen LogP contribution in [0.25, 0.3) is 0 Å². The van der Waals surface area contributed by atoms with Gasteiger partial charge in [-0.25, -0.2) is 4.39 Å². The summed E-state index contributed by atoms with van der Waals surface area (Å²) in [5.41, 5.74) is 6.10. The highest BCUT2D eigenvalue weighted by atomic mass is 32.1. The molecule has 1 aromatic rings. The first-order valence-corrected chi connectivity index (χ1v) is 6.77. The Bertz CT molecular complexity index is 451. The van der Waals surface area contributed by atoms with Gasteiger partial charge in [-0.15, -0.1) is 0 Å². The van der Waals surface area contributed by atoms with E-state index in [1.165, 1.54) is 6.07 Å². The Kier molecular flexibility index (Phi) is 6.02. The van der Waals surface area contributed by atoms with Gasteiger partial charge >= 0.3 is 0 Å². The minimum atomic E-state index is -0.324. The summed E-state index contributed by atoms with van der Waals surface area (Å²) in [6, 6.07) is 3.02. The Hall–Kier alpha value is -1.36. The predicted molar refractivity (Wildman–Crippen MR) is 78.4 cm³/mol. The average Bonchev–Trinajstić information content (AvgIpc) is 2.35. The van der Waals surface area contributed by atoms with Crippen molar-refractivity contribution in [1.82, 2.24) is 0 Å². The van der Waals surface area contributed by atoms with Crippen LogP contribution in [0.15, 0.2) is 12.1 Å². The smallest absolute Gasteiger partial charge is 0.164 e. The van der Waals surface area contributed by atoms with Gasteiger partial charge in [0.05, 0.1) is 18.2 Å². The highest BCUT2D eigenvalue weighted by Crippen LogP contribution is 2.31. The van der Waals surface area contributed by atoms with Crippen LogP contribution in [0.1, 0.15) is 26.3 Å². The topological polar surface area (TPSA) is 44.5 Å². The molecule has 5 heteroatoms. The number of benzene rings is 1. The molecule has 0 radical (unpaired) electrons. The summed E-state index contributed by atoms with van der Waals surface area (Å²) >= 11 is 4.91. The third-order valence-electron chi connectivity index (χ3n) is 2.72. The van der Waals surface area contributed by atoms with Crippen LogP contribution in [0.2, 0.25) is 0 Å². The molecule has 0 aliphatic carbocycles. The summed E-state index contributed by atoms with van der Waals surface area (Å²) < 4.78 is 24.8. The van der Waals surface area contributed by atoms with E-state index in [4.69, 9.17) is 27.4 Å². The van der Waals surface area contributed by atoms with Gasteiger partial charge in [-0.3, -0.25) is 0 Å². The first-order valence-electron chi connectivity index (χ1n) is 6.36. The molecular formula is C14H20FNO2S. The van der Waals surface area contributed by atoms with E-state index in [1.807, 2.05) is 20.8 Å². The van der Waals surface area contributed by atoms with Gasteiger partial charge in [-0.05, 0) is 31.9 Å². The van der Waals surface area contributed by atoms with Gasteiger partial charge in [0.1, 0.15) is 5.82 Å². The molecule has 1 aromatic carbocycles. The quantitative estimate of drug-likeness (QED) is 0.782. The van der Waals surface area contributed by atoms with Crippen LogP contribution in [0.4, 0.5) is 4.39 Å². The molecule has 0 saturated carbocycles. The first-order chi connectivity index (χ1) is 8.99. The summed E-state index contributed by atoms with van der Waals surface area (Å²) in [5.74, 6) is 0.594. The minimum Gasteiger partial charge on any atom is -0.490 e. The predicted octanol–water partition coefficient (Wildman–Crippen LogP) is 3.09. The molecule has 19 heavy (non-hydrogen) atoms. The lowest BCUT2D eigenvalue weighted by molar-refractivity contribution is 0.285. The lowest BCUT2D eigenvalue weighted by Gasteiger charge is -2.15. The molecule has 0 saturated heterocycles. The summed E-state index contributed by atoms with van der Waals surface area (Å²) in [6.45, 7) is 6.55. The van der Waals surface area contributed by atoms with Crippen LogP contribution < -0.4 is 15.2 Å². The Morgan fingerprint density at radius 3 is 2.26 bits per heavy atom. The van der Waals surface area contributed by atoms with E-state index in [0.717, 1.165) is 0 Å². The zero-order chi connectivity index (χ0) is 14.4. The molecule has 0 aromatic heterocycles. The number of nitrogens with two attached hydrogens (primary N) is 1. The highest BCUT2D eigenvalue weighted by molar-refractivity contribution is 7.80. The summed E-state index contributed by atoms with van der Waals surface area (Å²) in [7, 11) is 0. The van der Waals surface area contributed by atoms with Gasteiger partial charge in [0.15, 0.2) is 11.5 Å². The van der Waals surface area contributed by atoms with Crippen molar-refractivity contribution >= 4 is 17.2 Å². The Morgan fingerprint density at radius 2 is 1.79 bits per heavy atom. The van der Waals surface area contributed by atoms with Crippen molar-refractivity contribution in [1.29, 1.82) is 0 Å². The van der Waals surface area contributed by atoms with E-state index in [1.54, 1.807) is 6.07 Å². The number of halogens is 1. The molecule has 0 bridgehead atoms. The van der Waals surface area contributed by atoms with Crippen molar-refractivity contribution < 1.29 is 13.9 Å². The zero-order valence-corrected chi connectivity index (χ0v) is 12.3. The van der Waals surface area contributed by atoms with Crippen molar-refractivity contribution in [2.24, 2.45) is 11.7 Å². The van der Waals surface area contributed by atoms with Gasteiger partial charge < -0.3 is 15.2 Å². The maximum Gasteiger partial charge on any atom is 0.164 e. The molecule has 0 aliphatic rings. The maximum absolute atomic E-state index is 14.0. The molecule has 1 unspecified atom stereocenters. The molecular weight excluding hydrogens is 265 g/mol. The van der Waals surface area contributed by atoms with Crippen molar-refractivity contribution in [3.63, 3.8) is 0 Å². The summed E-state index contributed by atoms with van der Waals surface area (Å²) in [5, 5.41) is 0. The van der Waals surface area contributed by atoms with E-state index in [2.05, 4.69) is 0 Å². The van der Waals surface area contributed by atoms with Crippen LogP contribution in [0.5, 0.6) is 11.5 Å². The van der Waals surface area contributed by atoms with Crippen molar-refractivity contribution in [3.8, 4) is 11.5 Å². The van der Waals surface area contributed by atoms with Crippen LogP contribution in [0.3, 0.4) is 0 Å². The fraction of sp³-hybridized carbons (Fsp3) is 0.500. The Balaban J connectivity index is 3.05. The molecule has 1 rings (SSSR count). The number of thiocarbonyl (C=S) groups is 1. The van der Waals surface area contributed by atoms with E-state index in [0.29, 0.717) is 41.7 Å². The average molecular weight is 285 g/mol. The molecule has 2 N–H and O–H groups in total. The normalized spacial score (nSPS) is 12.0. The molecule has 0 spiro atoms. The van der Waals surface area contributed by atoms with Crippen molar-refractivity contribution in [2.75, 3.05) is 13.2 Å². The van der Waals surface area contributed by atoms with Gasteiger partial charge in [-0.2, -0.15) is 0 Å². The molecule has 106 valence electrons. The maximum atomic E-state index is 14.0. The van der Waals surface area contributed by atoms with E-state index >= 15 is 0 Å². The van der Waals surface area contributed by atoms with Crippen LogP contribution in [0, 0.1) is 11.7 Å². The van der Waals surface area contributed by atoms with Crippen LogP contribution in [-0.2, 0) is 6.42 Å². The number of rotatable bonds is 7. The SMILES string of the molecule is CCOc1cc(F)c(CC(C)C(N)=S)cc1OCC. The van der Waals surface area contributed by atoms with Crippen molar-refractivity contribution in [3.05, 3.63) is 23.5 Å². The van der Waals surface area contributed by atoms with Crippen molar-refractivity contribution in [2.45, 2.75) is 27.2 Å². The number of ether oxygens (including phenoxy) is 2. The Labute approximate surface area is 118 Å². The second-order valence-corrected chi connectivity index (χ2v) is 4.74. The standard InChI is InChI=1S/C14H20FNO2S/c1-4-17-12-7-10(6-9(3)14(16)19)11(15)8-13(12)18-5-2/h7-9H,4-6H2,1-3H3,(H2,16,19). The van der Waals surface area contributed by atoms with Gasteiger partial charge in [0, 0.05) is 12.0 Å². The number of hydrogen-bond acceptors (Lipinski definition) is 3. The summed E-state index contributed by atoms with van der Waals surface area (Å²) in [6.07, 6.45) is 0.452. The molecule has 1 atom stereocenters. The molecule has 3 nitrogen and oxygen atoms in total. The van der Waals surface area contributed by atoms with Crippen LogP contribution in [-0.4, -0.2) is 18.2 Å². The largest absolute Gasteiger partial charge is 0.490 e. The van der Waals surface area contributed by atoms with Crippen LogP contribution >= 0.6 is 12.2 Å². The van der Waals surface area contributed by atoms with E-state index in [9.17, 15) is 4.39 Å². The fourth-order valence-corrected chi connectivity index (χ4v) is 1.78. The molecule has 0 heterocycles. The minimum absolute atomic E-state index is 0.0584. The number of hydrogen-bond donors (Lipinski definition) is 1. The summed E-state index contributed by atoms with van der Waals surface area (Å²) in [4.78, 5) is 0.381. The van der Waals surface area contributed by atoms with Gasteiger partial charge in [0.25, 0.3) is 0 Å². The monoisotopic (exact) mass is 285 g/mol. The third-order valence-corrected chi connectivity index (χ3v) is 3.13. The molecule has 0 fully saturated rings. The second-order valence-electron chi connectivity index (χ2n) is 4.26. The van der Waals surface area contributed by atoms with E-state index < -0.39 is 0 Å². The molecule has 0 aliphatic heterocycles. The molecule has 0 amide bonds.